The van der Waals surface area contributed by atoms with E-state index in [2.05, 4.69) is 26.1 Å². The second kappa shape index (κ2) is 12.3. The summed E-state index contributed by atoms with van der Waals surface area (Å²) >= 11 is 0. The second-order valence-electron chi connectivity index (χ2n) is 9.04. The fourth-order valence-electron chi connectivity index (χ4n) is 4.12. The van der Waals surface area contributed by atoms with Gasteiger partial charge in [0.1, 0.15) is 0 Å². The number of unbranched alkanes of at least 4 members (excludes halogenated alkanes) is 8. The molecule has 0 aromatic heterocycles. The quantitative estimate of drug-likeness (QED) is 0.419. The van der Waals surface area contributed by atoms with Crippen molar-refractivity contribution in [2.75, 3.05) is 6.61 Å². The van der Waals surface area contributed by atoms with Crippen molar-refractivity contribution in [2.45, 2.75) is 129 Å². The van der Waals surface area contributed by atoms with E-state index in [-0.39, 0.29) is 36.3 Å². The maximum atomic E-state index is 10.6. The minimum atomic E-state index is -0.488. The molecular formula is C22H45NO3. The summed E-state index contributed by atoms with van der Waals surface area (Å²) in [5, 5.41) is 23.7. The maximum absolute atomic E-state index is 10.6. The van der Waals surface area contributed by atoms with Crippen LogP contribution in [0, 0.1) is 5.92 Å². The Kier molecular flexibility index (Phi) is 11.3. The Morgan fingerprint density at radius 3 is 2.00 bits per heavy atom. The molecule has 1 rings (SSSR count). The molecule has 0 amide bonds. The van der Waals surface area contributed by atoms with Crippen LogP contribution in [0.5, 0.6) is 0 Å². The molecule has 0 saturated carbocycles. The lowest BCUT2D eigenvalue weighted by Crippen LogP contribution is -2.63. The van der Waals surface area contributed by atoms with Gasteiger partial charge in [-0.15, -0.1) is 0 Å². The summed E-state index contributed by atoms with van der Waals surface area (Å²) in [6, 6.07) is -0.0821. The van der Waals surface area contributed by atoms with Gasteiger partial charge in [0.2, 0.25) is 0 Å². The van der Waals surface area contributed by atoms with Crippen molar-refractivity contribution in [3.8, 4) is 0 Å². The molecule has 1 aliphatic heterocycles. The highest BCUT2D eigenvalue weighted by molar-refractivity contribution is 4.96. The molecule has 3 N–H and O–H groups in total. The van der Waals surface area contributed by atoms with Crippen molar-refractivity contribution in [1.82, 2.24) is 5.32 Å². The van der Waals surface area contributed by atoms with Gasteiger partial charge in [-0.3, -0.25) is 0 Å². The van der Waals surface area contributed by atoms with Crippen LogP contribution in [0.2, 0.25) is 0 Å². The van der Waals surface area contributed by atoms with Crippen LogP contribution in [0.1, 0.15) is 98.8 Å². The average Bonchev–Trinajstić information content (AvgIpc) is 2.60. The van der Waals surface area contributed by atoms with Crippen LogP contribution in [0.4, 0.5) is 0 Å². The molecule has 0 radical (unpaired) electrons. The van der Waals surface area contributed by atoms with Gasteiger partial charge in [-0.1, -0.05) is 71.6 Å². The van der Waals surface area contributed by atoms with Crippen molar-refractivity contribution in [2.24, 2.45) is 5.92 Å². The fraction of sp³-hybridized carbons (Fsp3) is 1.00. The van der Waals surface area contributed by atoms with Crippen LogP contribution in [-0.4, -0.2) is 46.7 Å². The molecule has 2 unspecified atom stereocenters. The summed E-state index contributed by atoms with van der Waals surface area (Å²) in [7, 11) is 0. The second-order valence-corrected chi connectivity index (χ2v) is 9.04. The average molecular weight is 372 g/mol. The third-order valence-corrected chi connectivity index (χ3v) is 6.03. The van der Waals surface area contributed by atoms with Crippen molar-refractivity contribution in [3.63, 3.8) is 0 Å². The van der Waals surface area contributed by atoms with Crippen LogP contribution in [-0.2, 0) is 4.74 Å². The molecule has 0 bridgehead atoms. The molecule has 156 valence electrons. The van der Waals surface area contributed by atoms with E-state index < -0.39 is 6.10 Å². The Bertz CT molecular complexity index is 361. The minimum Gasteiger partial charge on any atom is -0.394 e. The summed E-state index contributed by atoms with van der Waals surface area (Å²) in [5.41, 5.74) is -0.0177. The van der Waals surface area contributed by atoms with Crippen LogP contribution in [0.25, 0.3) is 0 Å². The smallest absolute Gasteiger partial charge is 0.0860 e. The summed E-state index contributed by atoms with van der Waals surface area (Å²) in [6.07, 6.45) is 12.4. The van der Waals surface area contributed by atoms with E-state index >= 15 is 0 Å². The van der Waals surface area contributed by atoms with Gasteiger partial charge in [0.25, 0.3) is 0 Å². The zero-order valence-corrected chi connectivity index (χ0v) is 18.0. The Labute approximate surface area is 162 Å². The van der Waals surface area contributed by atoms with E-state index in [9.17, 15) is 10.2 Å². The highest BCUT2D eigenvalue weighted by Crippen LogP contribution is 2.28. The van der Waals surface area contributed by atoms with E-state index in [4.69, 9.17) is 4.74 Å². The van der Waals surface area contributed by atoms with Gasteiger partial charge in [0.05, 0.1) is 31.0 Å². The molecule has 0 spiro atoms. The van der Waals surface area contributed by atoms with Crippen LogP contribution in [0.15, 0.2) is 0 Å². The normalized spacial score (nSPS) is 29.9. The lowest BCUT2D eigenvalue weighted by Gasteiger charge is -2.45. The molecule has 5 atom stereocenters. The van der Waals surface area contributed by atoms with Gasteiger partial charge < -0.3 is 20.3 Å². The molecule has 1 saturated heterocycles. The summed E-state index contributed by atoms with van der Waals surface area (Å²) in [5.74, 6) is -0.0581. The van der Waals surface area contributed by atoms with E-state index in [1.807, 2.05) is 13.8 Å². The van der Waals surface area contributed by atoms with Crippen molar-refractivity contribution < 1.29 is 14.9 Å². The molecule has 0 aromatic carbocycles. The number of aliphatic hydroxyl groups excluding tert-OH is 2. The molecule has 0 aliphatic carbocycles. The van der Waals surface area contributed by atoms with Crippen molar-refractivity contribution in [1.29, 1.82) is 0 Å². The van der Waals surface area contributed by atoms with Crippen LogP contribution in [0.3, 0.4) is 0 Å². The standard InChI is InChI=1S/C22H45NO3/c1-6-7-8-9-10-11-12-13-14-15-22(4,5)23-20-18(3)26-19(16-24)17(2)21(20)25/h17-21,23-25H,6-16H2,1-5H3/t17-,18+,19?,20?,21-/m1/s1. The molecule has 0 aromatic rings. The Hall–Kier alpha value is -0.160. The highest BCUT2D eigenvalue weighted by atomic mass is 16.5. The predicted octanol–water partition coefficient (Wildman–Crippen LogP) is 4.42. The molecule has 4 nitrogen and oxygen atoms in total. The lowest BCUT2D eigenvalue weighted by molar-refractivity contribution is -0.160. The Morgan fingerprint density at radius 2 is 1.46 bits per heavy atom. The summed E-state index contributed by atoms with van der Waals surface area (Å²) in [4.78, 5) is 0. The molecule has 1 heterocycles. The number of hydrogen-bond donors (Lipinski definition) is 3. The van der Waals surface area contributed by atoms with E-state index in [1.165, 1.54) is 57.8 Å². The third-order valence-electron chi connectivity index (χ3n) is 6.03. The van der Waals surface area contributed by atoms with Gasteiger partial charge in [0.15, 0.2) is 0 Å². The van der Waals surface area contributed by atoms with Gasteiger partial charge in [-0.05, 0) is 27.2 Å². The Morgan fingerprint density at radius 1 is 0.923 bits per heavy atom. The first-order valence-corrected chi connectivity index (χ1v) is 11.0. The molecule has 4 heteroatoms. The molecule has 1 fully saturated rings. The first-order valence-electron chi connectivity index (χ1n) is 11.0. The SMILES string of the molecule is CCCCCCCCCCCC(C)(C)NC1[C@H](C)OC(CO)[C@@H](C)[C@H]1O. The number of hydrogen-bond acceptors (Lipinski definition) is 4. The van der Waals surface area contributed by atoms with E-state index in [0.29, 0.717) is 0 Å². The van der Waals surface area contributed by atoms with Gasteiger partial charge in [-0.25, -0.2) is 0 Å². The Balaban J connectivity index is 2.26. The lowest BCUT2D eigenvalue weighted by atomic mass is 9.84. The molecular weight excluding hydrogens is 326 g/mol. The van der Waals surface area contributed by atoms with Gasteiger partial charge in [-0.2, -0.15) is 0 Å². The van der Waals surface area contributed by atoms with E-state index in [0.717, 1.165) is 6.42 Å². The predicted molar refractivity (Wildman–Crippen MR) is 109 cm³/mol. The zero-order valence-electron chi connectivity index (χ0n) is 18.0. The van der Waals surface area contributed by atoms with Crippen molar-refractivity contribution >= 4 is 0 Å². The number of aliphatic hydroxyl groups is 2. The number of ether oxygens (including phenoxy) is 1. The van der Waals surface area contributed by atoms with E-state index in [1.54, 1.807) is 0 Å². The topological polar surface area (TPSA) is 61.7 Å². The first-order chi connectivity index (χ1) is 12.3. The summed E-state index contributed by atoms with van der Waals surface area (Å²) in [6.45, 7) is 10.6. The van der Waals surface area contributed by atoms with Gasteiger partial charge >= 0.3 is 0 Å². The summed E-state index contributed by atoms with van der Waals surface area (Å²) < 4.78 is 5.90. The maximum Gasteiger partial charge on any atom is 0.0860 e. The largest absolute Gasteiger partial charge is 0.394 e. The fourth-order valence-corrected chi connectivity index (χ4v) is 4.12. The first kappa shape index (κ1) is 23.9. The zero-order chi connectivity index (χ0) is 19.6. The van der Waals surface area contributed by atoms with Crippen LogP contribution >= 0.6 is 0 Å². The van der Waals surface area contributed by atoms with Gasteiger partial charge in [0, 0.05) is 11.5 Å². The van der Waals surface area contributed by atoms with Crippen LogP contribution < -0.4 is 5.32 Å². The molecule has 26 heavy (non-hydrogen) atoms. The number of rotatable bonds is 13. The third kappa shape index (κ3) is 8.24. The minimum absolute atomic E-state index is 0.0177. The highest BCUT2D eigenvalue weighted by Gasteiger charge is 2.42. The monoisotopic (exact) mass is 371 g/mol. The number of nitrogens with one attached hydrogen (secondary N) is 1. The molecule has 1 aliphatic rings. The van der Waals surface area contributed by atoms with Crippen molar-refractivity contribution in [3.05, 3.63) is 0 Å².